The third kappa shape index (κ3) is 4.41. The van der Waals surface area contributed by atoms with Crippen molar-refractivity contribution in [3.63, 3.8) is 0 Å². The highest BCUT2D eigenvalue weighted by Gasteiger charge is 2.30. The maximum atomic E-state index is 12.9. The van der Waals surface area contributed by atoms with Crippen LogP contribution < -0.4 is 9.75 Å². The van der Waals surface area contributed by atoms with Crippen molar-refractivity contribution in [3.8, 4) is 5.75 Å². The van der Waals surface area contributed by atoms with Crippen molar-refractivity contribution in [2.24, 2.45) is 5.10 Å². The van der Waals surface area contributed by atoms with Crippen LogP contribution in [-0.4, -0.2) is 49.9 Å². The van der Waals surface area contributed by atoms with Crippen LogP contribution in [0.25, 0.3) is 0 Å². The molecule has 34 heavy (non-hydrogen) atoms. The van der Waals surface area contributed by atoms with Crippen molar-refractivity contribution >= 4 is 17.3 Å². The van der Waals surface area contributed by atoms with E-state index >= 15 is 0 Å². The highest BCUT2D eigenvalue weighted by Crippen LogP contribution is 2.37. The molecule has 0 N–H and O–H groups in total. The quantitative estimate of drug-likeness (QED) is 0.553. The van der Waals surface area contributed by atoms with Crippen LogP contribution >= 0.6 is 0 Å². The lowest BCUT2D eigenvalue weighted by Crippen LogP contribution is -2.40. The maximum absolute atomic E-state index is 12.9. The molecule has 2 aliphatic rings. The molecule has 1 fully saturated rings. The van der Waals surface area contributed by atoms with Crippen LogP contribution in [0.2, 0.25) is 0 Å². The van der Waals surface area contributed by atoms with Gasteiger partial charge < -0.3 is 14.4 Å². The third-order valence-corrected chi connectivity index (χ3v) is 6.54. The second kappa shape index (κ2) is 9.69. The lowest BCUT2D eigenvalue weighted by atomic mass is 9.96. The average Bonchev–Trinajstić information content (AvgIpc) is 3.34. The van der Waals surface area contributed by atoms with E-state index in [1.54, 1.807) is 7.11 Å². The van der Waals surface area contributed by atoms with Gasteiger partial charge in [0.25, 0.3) is 5.91 Å². The van der Waals surface area contributed by atoms with Crippen molar-refractivity contribution in [1.82, 2.24) is 4.90 Å². The van der Waals surface area contributed by atoms with Gasteiger partial charge in [0.05, 0.1) is 37.8 Å². The molecule has 0 aromatic heterocycles. The summed E-state index contributed by atoms with van der Waals surface area (Å²) in [6.07, 6.45) is 0.797. The lowest BCUT2D eigenvalue weighted by Gasteiger charge is -2.27. The summed E-state index contributed by atoms with van der Waals surface area (Å²) >= 11 is 0. The Morgan fingerprint density at radius 2 is 1.68 bits per heavy atom. The fraction of sp³-hybridized carbons (Fsp3) is 0.286. The Hall–Kier alpha value is -3.64. The van der Waals surface area contributed by atoms with Gasteiger partial charge in [-0.15, -0.1) is 0 Å². The predicted octanol–water partition coefficient (Wildman–Crippen LogP) is 4.83. The molecule has 6 nitrogen and oxygen atoms in total. The number of anilines is 1. The molecular weight excluding hydrogens is 426 g/mol. The molecule has 0 saturated carbocycles. The van der Waals surface area contributed by atoms with E-state index in [0.29, 0.717) is 31.9 Å². The Balaban J connectivity index is 1.46. The summed E-state index contributed by atoms with van der Waals surface area (Å²) in [5.74, 6) is 0.881. The first-order valence-electron chi connectivity index (χ1n) is 11.7. The lowest BCUT2D eigenvalue weighted by molar-refractivity contribution is 0.0303. The molecule has 3 aromatic rings. The van der Waals surface area contributed by atoms with Crippen LogP contribution in [0.1, 0.15) is 39.5 Å². The monoisotopic (exact) mass is 455 g/mol. The molecule has 2 heterocycles. The number of aryl methyl sites for hydroxylation is 1. The number of carbonyl (C=O) groups excluding carboxylic acids is 1. The van der Waals surface area contributed by atoms with Crippen LogP contribution in [0.5, 0.6) is 5.75 Å². The highest BCUT2D eigenvalue weighted by atomic mass is 16.5. The minimum atomic E-state index is 0.0482. The smallest absolute Gasteiger partial charge is 0.254 e. The van der Waals surface area contributed by atoms with Gasteiger partial charge in [-0.25, -0.2) is 0 Å². The van der Waals surface area contributed by atoms with E-state index in [0.717, 1.165) is 23.6 Å². The van der Waals surface area contributed by atoms with Crippen molar-refractivity contribution in [2.45, 2.75) is 19.4 Å². The number of rotatable bonds is 5. The van der Waals surface area contributed by atoms with Crippen molar-refractivity contribution in [1.29, 1.82) is 0 Å². The number of morpholine rings is 1. The minimum absolute atomic E-state index is 0.0482. The van der Waals surface area contributed by atoms with Crippen molar-refractivity contribution in [2.75, 3.05) is 38.4 Å². The Morgan fingerprint density at radius 1 is 0.971 bits per heavy atom. The van der Waals surface area contributed by atoms with Gasteiger partial charge in [-0.3, -0.25) is 9.80 Å². The largest absolute Gasteiger partial charge is 0.497 e. The standard InChI is InChI=1S/C28H29N3O3/c1-20-5-3-4-6-25(20)26-19-27(21-9-13-24(33-2)14-10-21)31(29-26)23-11-7-22(8-12-23)28(32)30-15-17-34-18-16-30/h3-14,27H,15-19H2,1-2H3. The van der Waals surface area contributed by atoms with E-state index in [2.05, 4.69) is 48.3 Å². The summed E-state index contributed by atoms with van der Waals surface area (Å²) in [7, 11) is 1.68. The first-order valence-corrected chi connectivity index (χ1v) is 11.7. The van der Waals surface area contributed by atoms with Crippen LogP contribution in [0, 0.1) is 6.92 Å². The zero-order valence-corrected chi connectivity index (χ0v) is 19.6. The number of hydrogen-bond donors (Lipinski definition) is 0. The van der Waals surface area contributed by atoms with Crippen LogP contribution in [0.15, 0.2) is 77.9 Å². The van der Waals surface area contributed by atoms with Crippen LogP contribution in [0.3, 0.4) is 0 Å². The zero-order valence-electron chi connectivity index (χ0n) is 19.6. The minimum Gasteiger partial charge on any atom is -0.497 e. The molecule has 1 amide bonds. The van der Waals surface area contributed by atoms with E-state index in [-0.39, 0.29) is 11.9 Å². The summed E-state index contributed by atoms with van der Waals surface area (Å²) in [5.41, 5.74) is 6.26. The molecule has 1 atom stereocenters. The van der Waals surface area contributed by atoms with E-state index < -0.39 is 0 Å². The molecule has 1 unspecified atom stereocenters. The van der Waals surface area contributed by atoms with Crippen LogP contribution in [0.4, 0.5) is 5.69 Å². The fourth-order valence-corrected chi connectivity index (χ4v) is 4.60. The molecular formula is C28H29N3O3. The van der Waals surface area contributed by atoms with E-state index in [9.17, 15) is 4.79 Å². The third-order valence-electron chi connectivity index (χ3n) is 6.54. The summed E-state index contributed by atoms with van der Waals surface area (Å²) in [6.45, 7) is 4.58. The summed E-state index contributed by atoms with van der Waals surface area (Å²) < 4.78 is 10.7. The number of hydrogen-bond acceptors (Lipinski definition) is 5. The Bertz CT molecular complexity index is 1180. The van der Waals surface area contributed by atoms with E-state index in [4.69, 9.17) is 14.6 Å². The summed E-state index contributed by atoms with van der Waals surface area (Å²) in [4.78, 5) is 14.7. The van der Waals surface area contributed by atoms with Gasteiger partial charge >= 0.3 is 0 Å². The topological polar surface area (TPSA) is 54.4 Å². The molecule has 0 radical (unpaired) electrons. The van der Waals surface area contributed by atoms with Gasteiger partial charge in [0.1, 0.15) is 5.75 Å². The molecule has 6 heteroatoms. The Morgan fingerprint density at radius 3 is 2.35 bits per heavy atom. The second-order valence-corrected chi connectivity index (χ2v) is 8.65. The number of methoxy groups -OCH3 is 1. The number of amides is 1. The Kier molecular flexibility index (Phi) is 6.32. The molecule has 0 spiro atoms. The van der Waals surface area contributed by atoms with Gasteiger partial charge in [-0.2, -0.15) is 5.10 Å². The molecule has 2 aliphatic heterocycles. The first kappa shape index (κ1) is 22.2. The van der Waals surface area contributed by atoms with Crippen molar-refractivity contribution < 1.29 is 14.3 Å². The SMILES string of the molecule is COc1ccc(C2CC(c3ccccc3C)=NN2c2ccc(C(=O)N3CCOCC3)cc2)cc1. The second-order valence-electron chi connectivity index (χ2n) is 8.65. The maximum Gasteiger partial charge on any atom is 0.254 e. The molecule has 1 saturated heterocycles. The first-order chi connectivity index (χ1) is 16.6. The highest BCUT2D eigenvalue weighted by molar-refractivity contribution is 6.04. The molecule has 174 valence electrons. The van der Waals surface area contributed by atoms with Gasteiger partial charge in [0.15, 0.2) is 0 Å². The average molecular weight is 456 g/mol. The fourth-order valence-electron chi connectivity index (χ4n) is 4.60. The number of hydrazone groups is 1. The normalized spacial score (nSPS) is 18.1. The zero-order chi connectivity index (χ0) is 23.5. The molecule has 3 aromatic carbocycles. The van der Waals surface area contributed by atoms with Gasteiger partial charge in [0, 0.05) is 30.6 Å². The predicted molar refractivity (Wildman–Crippen MR) is 134 cm³/mol. The van der Waals surface area contributed by atoms with Gasteiger partial charge in [-0.05, 0) is 54.4 Å². The van der Waals surface area contributed by atoms with E-state index in [1.165, 1.54) is 16.7 Å². The van der Waals surface area contributed by atoms with Crippen LogP contribution in [-0.2, 0) is 4.74 Å². The molecule has 5 rings (SSSR count). The van der Waals surface area contributed by atoms with E-state index in [1.807, 2.05) is 41.3 Å². The number of carbonyl (C=O) groups is 1. The number of nitrogens with zero attached hydrogens (tertiary/aromatic N) is 3. The Labute approximate surface area is 200 Å². The number of ether oxygens (including phenoxy) is 2. The molecule has 0 aliphatic carbocycles. The van der Waals surface area contributed by atoms with Crippen molar-refractivity contribution in [3.05, 3.63) is 95.1 Å². The number of benzene rings is 3. The van der Waals surface area contributed by atoms with Gasteiger partial charge in [-0.1, -0.05) is 36.4 Å². The molecule has 0 bridgehead atoms. The van der Waals surface area contributed by atoms with Gasteiger partial charge in [0.2, 0.25) is 0 Å². The summed E-state index contributed by atoms with van der Waals surface area (Å²) in [5, 5.41) is 7.14. The summed E-state index contributed by atoms with van der Waals surface area (Å²) in [6, 6.07) is 24.4.